The first-order valence-corrected chi connectivity index (χ1v) is 14.7. The second kappa shape index (κ2) is 11.8. The molecule has 43 heavy (non-hydrogen) atoms. The van der Waals surface area contributed by atoms with Gasteiger partial charge in [0.05, 0.1) is 23.1 Å². The van der Waals surface area contributed by atoms with E-state index in [1.807, 2.05) is 25.8 Å². The van der Waals surface area contributed by atoms with Crippen molar-refractivity contribution in [2.24, 2.45) is 16.8 Å². The van der Waals surface area contributed by atoms with Crippen molar-refractivity contribution in [3.63, 3.8) is 0 Å². The van der Waals surface area contributed by atoms with E-state index in [-0.39, 0.29) is 34.2 Å². The van der Waals surface area contributed by atoms with Gasteiger partial charge < -0.3 is 15.1 Å². The first-order chi connectivity index (χ1) is 20.2. The number of carbonyl (C=O) groups is 3. The van der Waals surface area contributed by atoms with Crippen molar-refractivity contribution in [3.8, 4) is 10.6 Å². The number of hydrogen-bond donors (Lipinski definition) is 1. The molecule has 2 aromatic rings. The van der Waals surface area contributed by atoms with E-state index in [2.05, 4.69) is 20.2 Å². The second-order valence-electron chi connectivity index (χ2n) is 11.5. The van der Waals surface area contributed by atoms with Crippen LogP contribution in [0.3, 0.4) is 0 Å². The van der Waals surface area contributed by atoms with Gasteiger partial charge in [0, 0.05) is 62.7 Å². The summed E-state index contributed by atoms with van der Waals surface area (Å²) in [7, 11) is 3.67. The smallest absolute Gasteiger partial charge is 0.367 e. The van der Waals surface area contributed by atoms with Gasteiger partial charge in [-0.3, -0.25) is 19.3 Å². The number of nitrogens with one attached hydrogen (secondary N) is 1. The monoisotopic (exact) mass is 620 g/mol. The Morgan fingerprint density at radius 1 is 1.16 bits per heavy atom. The molecule has 3 heterocycles. The highest BCUT2D eigenvalue weighted by atomic mass is 32.1. The van der Waals surface area contributed by atoms with Crippen molar-refractivity contribution in [2.75, 3.05) is 43.9 Å². The molecule has 2 fully saturated rings. The Bertz CT molecular complexity index is 1490. The molecule has 1 unspecified atom stereocenters. The van der Waals surface area contributed by atoms with Gasteiger partial charge in [-0.05, 0) is 45.7 Å². The van der Waals surface area contributed by atoms with E-state index in [9.17, 15) is 27.6 Å². The molecule has 1 aliphatic carbocycles. The lowest BCUT2D eigenvalue weighted by Gasteiger charge is -2.44. The van der Waals surface area contributed by atoms with Crippen molar-refractivity contribution in [1.29, 1.82) is 0 Å². The Balaban J connectivity index is 1.50. The predicted molar refractivity (Wildman–Crippen MR) is 156 cm³/mol. The fraction of sp³-hybridized carbons (Fsp3) is 0.483. The van der Waals surface area contributed by atoms with Gasteiger partial charge in [-0.15, -0.1) is 11.3 Å². The number of dihydropyridines is 1. The molecule has 9 nitrogen and oxygen atoms in total. The summed E-state index contributed by atoms with van der Waals surface area (Å²) < 4.78 is 56.9. The number of thiazole rings is 1. The number of nitrogens with zero attached hydrogens (tertiary/aromatic N) is 5. The van der Waals surface area contributed by atoms with Gasteiger partial charge in [0.1, 0.15) is 21.6 Å². The maximum atomic E-state index is 15.7. The Morgan fingerprint density at radius 3 is 2.47 bits per heavy atom. The fourth-order valence-corrected chi connectivity index (χ4v) is 6.24. The van der Waals surface area contributed by atoms with E-state index < -0.39 is 35.3 Å². The lowest BCUT2D eigenvalue weighted by molar-refractivity contribution is -0.124. The molecule has 0 spiro atoms. The normalized spacial score (nSPS) is 22.9. The Hall–Kier alpha value is -3.65. The summed E-state index contributed by atoms with van der Waals surface area (Å²) in [6.07, 6.45) is -0.449. The number of benzene rings is 1. The average Bonchev–Trinajstić information content (AvgIpc) is 3.62. The van der Waals surface area contributed by atoms with Gasteiger partial charge in [0.25, 0.3) is 11.8 Å². The van der Waals surface area contributed by atoms with Crippen LogP contribution in [-0.2, 0) is 9.59 Å². The van der Waals surface area contributed by atoms with Gasteiger partial charge in [0.15, 0.2) is 0 Å². The van der Waals surface area contributed by atoms with Crippen LogP contribution in [-0.4, -0.2) is 90.7 Å². The molecular formula is C29H32F4N6O3S. The molecular weight excluding hydrogens is 588 g/mol. The van der Waals surface area contributed by atoms with Crippen molar-refractivity contribution in [3.05, 3.63) is 40.7 Å². The maximum absolute atomic E-state index is 15.7. The van der Waals surface area contributed by atoms with Gasteiger partial charge in [-0.25, -0.2) is 14.4 Å². The zero-order valence-electron chi connectivity index (χ0n) is 24.1. The van der Waals surface area contributed by atoms with Crippen molar-refractivity contribution in [2.45, 2.75) is 44.9 Å². The molecule has 3 aliphatic rings. The van der Waals surface area contributed by atoms with Crippen LogP contribution in [0.5, 0.6) is 0 Å². The van der Waals surface area contributed by atoms with Crippen molar-refractivity contribution < 1.29 is 31.9 Å². The minimum Gasteiger partial charge on any atom is -0.367 e. The first-order valence-electron chi connectivity index (χ1n) is 13.9. The van der Waals surface area contributed by atoms with E-state index in [0.717, 1.165) is 24.2 Å². The van der Waals surface area contributed by atoms with Crippen molar-refractivity contribution in [1.82, 2.24) is 14.8 Å². The van der Waals surface area contributed by atoms with E-state index in [0.29, 0.717) is 48.4 Å². The van der Waals surface area contributed by atoms with Crippen LogP contribution in [0.1, 0.15) is 36.4 Å². The number of halogens is 4. The number of amides is 3. The number of carbonyl (C=O) groups excluding carboxylic acids is 3. The lowest BCUT2D eigenvalue weighted by Crippen LogP contribution is -2.55. The van der Waals surface area contributed by atoms with Gasteiger partial charge in [-0.1, -0.05) is 0 Å². The third-order valence-electron chi connectivity index (χ3n) is 8.14. The molecule has 3 amide bonds. The summed E-state index contributed by atoms with van der Waals surface area (Å²) in [5, 5.41) is 2.73. The first kappa shape index (κ1) is 30.8. The minimum atomic E-state index is -4.94. The third-order valence-corrected chi connectivity index (χ3v) is 9.16. The van der Waals surface area contributed by atoms with Crippen LogP contribution in [0.4, 0.5) is 28.9 Å². The SMILES string of the molecule is C[C@@H]1CN(c2cc(F)c(-c3ncc(C(=O)N(C)CC4CC4)s3)cc2NC(=O)C2C=NC(=O)C=C2C(F)(F)F)C[C@H](C)N1C. The van der Waals surface area contributed by atoms with Gasteiger partial charge in [-0.2, -0.15) is 13.2 Å². The maximum Gasteiger partial charge on any atom is 0.414 e. The quantitative estimate of drug-likeness (QED) is 0.454. The number of alkyl halides is 3. The molecule has 1 N–H and O–H groups in total. The Labute approximate surface area is 250 Å². The zero-order chi connectivity index (χ0) is 31.2. The fourth-order valence-electron chi connectivity index (χ4n) is 5.31. The number of likely N-dealkylation sites (N-methyl/N-ethyl adjacent to an activating group) is 1. The molecule has 1 saturated heterocycles. The molecule has 0 bridgehead atoms. The Kier molecular flexibility index (Phi) is 8.45. The summed E-state index contributed by atoms with van der Waals surface area (Å²) in [4.78, 5) is 51.4. The van der Waals surface area contributed by atoms with E-state index >= 15 is 4.39 Å². The molecule has 2 aliphatic heterocycles. The van der Waals surface area contributed by atoms with Crippen molar-refractivity contribution >= 4 is 46.6 Å². The number of rotatable bonds is 7. The number of aliphatic imine (C=N–C) groups is 1. The van der Waals surface area contributed by atoms with Crippen LogP contribution in [0.2, 0.25) is 0 Å². The molecule has 1 saturated carbocycles. The third kappa shape index (κ3) is 6.64. The topological polar surface area (TPSA) is 98.2 Å². The predicted octanol–water partition coefficient (Wildman–Crippen LogP) is 4.61. The molecule has 14 heteroatoms. The van der Waals surface area contributed by atoms with Crippen LogP contribution in [0.15, 0.2) is 35.0 Å². The van der Waals surface area contributed by atoms with Crippen LogP contribution >= 0.6 is 11.3 Å². The zero-order valence-corrected chi connectivity index (χ0v) is 24.9. The summed E-state index contributed by atoms with van der Waals surface area (Å²) in [5.41, 5.74) is -0.984. The molecule has 5 rings (SSSR count). The molecule has 0 radical (unpaired) electrons. The summed E-state index contributed by atoms with van der Waals surface area (Å²) in [6, 6.07) is 2.69. The summed E-state index contributed by atoms with van der Waals surface area (Å²) in [6.45, 7) is 5.56. The lowest BCUT2D eigenvalue weighted by atomic mass is 9.95. The van der Waals surface area contributed by atoms with Gasteiger partial charge in [0.2, 0.25) is 5.91 Å². The van der Waals surface area contributed by atoms with Gasteiger partial charge >= 0.3 is 6.18 Å². The molecule has 1 aromatic carbocycles. The molecule has 3 atom stereocenters. The highest BCUT2D eigenvalue weighted by Crippen LogP contribution is 2.39. The number of hydrogen-bond acceptors (Lipinski definition) is 7. The second-order valence-corrected chi connectivity index (χ2v) is 12.5. The minimum absolute atomic E-state index is 0.0118. The van der Waals surface area contributed by atoms with E-state index in [1.54, 1.807) is 11.9 Å². The van der Waals surface area contributed by atoms with E-state index in [1.165, 1.54) is 18.3 Å². The molecule has 1 aromatic heterocycles. The van der Waals surface area contributed by atoms with Crippen LogP contribution in [0.25, 0.3) is 10.6 Å². The van der Waals surface area contributed by atoms with Crippen LogP contribution < -0.4 is 10.2 Å². The highest BCUT2D eigenvalue weighted by molar-refractivity contribution is 7.16. The number of anilines is 2. The average molecular weight is 621 g/mol. The highest BCUT2D eigenvalue weighted by Gasteiger charge is 2.43. The largest absolute Gasteiger partial charge is 0.414 e. The molecule has 230 valence electrons. The summed E-state index contributed by atoms with van der Waals surface area (Å²) >= 11 is 0.994. The van der Waals surface area contributed by atoms with E-state index in [4.69, 9.17) is 0 Å². The van der Waals surface area contributed by atoms with Crippen LogP contribution in [0, 0.1) is 17.7 Å². The number of aromatic nitrogens is 1. The standard InChI is InChI=1S/C29H32F4N6O3S/c1-15-12-39(13-16(2)38(15)4)23-9-21(30)18(27-35-11-24(43-27)28(42)37(3)14-17-5-6-17)7-22(23)36-26(41)19-10-34-25(40)8-20(19)29(31,32)33/h7-11,15-17,19H,5-6,12-14H2,1-4H3,(H,36,41)/t15-,16+,19?. The number of piperazine rings is 1. The Morgan fingerprint density at radius 2 is 1.84 bits per heavy atom. The summed E-state index contributed by atoms with van der Waals surface area (Å²) in [5.74, 6) is -4.48.